The standard InChI is InChI=1S/C11H10INO2/c1-2-4-9-8(7-13-11(14)15)5-3-6-10(9)12/h3,5-6,13H,7H2,1H3,(H,14,15). The molecule has 2 N–H and O–H groups in total. The van der Waals surface area contributed by atoms with E-state index in [1.54, 1.807) is 6.92 Å². The lowest BCUT2D eigenvalue weighted by Gasteiger charge is -2.06. The number of nitrogens with one attached hydrogen (secondary N) is 1. The van der Waals surface area contributed by atoms with E-state index in [1.807, 2.05) is 18.2 Å². The van der Waals surface area contributed by atoms with E-state index in [4.69, 9.17) is 5.11 Å². The Morgan fingerprint density at radius 2 is 2.33 bits per heavy atom. The number of benzene rings is 1. The summed E-state index contributed by atoms with van der Waals surface area (Å²) in [6.07, 6.45) is -1.02. The van der Waals surface area contributed by atoms with Crippen LogP contribution in [-0.4, -0.2) is 11.2 Å². The second-order valence-electron chi connectivity index (χ2n) is 2.81. The average Bonchev–Trinajstić information content (AvgIpc) is 2.19. The summed E-state index contributed by atoms with van der Waals surface area (Å²) in [7, 11) is 0. The fourth-order valence-electron chi connectivity index (χ4n) is 1.15. The fourth-order valence-corrected chi connectivity index (χ4v) is 1.84. The first-order valence-electron chi connectivity index (χ1n) is 4.32. The van der Waals surface area contributed by atoms with Gasteiger partial charge in [-0.2, -0.15) is 0 Å². The molecule has 0 bridgehead atoms. The van der Waals surface area contributed by atoms with Gasteiger partial charge in [0, 0.05) is 15.7 Å². The van der Waals surface area contributed by atoms with E-state index in [0.29, 0.717) is 0 Å². The van der Waals surface area contributed by atoms with Gasteiger partial charge in [-0.25, -0.2) is 4.79 Å². The lowest BCUT2D eigenvalue weighted by atomic mass is 10.1. The van der Waals surface area contributed by atoms with Crippen molar-refractivity contribution < 1.29 is 9.90 Å². The summed E-state index contributed by atoms with van der Waals surface area (Å²) >= 11 is 2.19. The highest BCUT2D eigenvalue weighted by molar-refractivity contribution is 14.1. The average molecular weight is 315 g/mol. The van der Waals surface area contributed by atoms with Crippen LogP contribution in [0.2, 0.25) is 0 Å². The van der Waals surface area contributed by atoms with Crippen molar-refractivity contribution in [3.8, 4) is 11.8 Å². The van der Waals surface area contributed by atoms with Gasteiger partial charge in [0.25, 0.3) is 0 Å². The minimum absolute atomic E-state index is 0.288. The van der Waals surface area contributed by atoms with Crippen molar-refractivity contribution in [1.82, 2.24) is 5.32 Å². The van der Waals surface area contributed by atoms with Crippen LogP contribution in [0.3, 0.4) is 0 Å². The molecule has 0 aliphatic carbocycles. The zero-order valence-corrected chi connectivity index (χ0v) is 10.3. The molecule has 78 valence electrons. The molecular weight excluding hydrogens is 305 g/mol. The van der Waals surface area contributed by atoms with Crippen molar-refractivity contribution in [2.24, 2.45) is 0 Å². The topological polar surface area (TPSA) is 49.3 Å². The van der Waals surface area contributed by atoms with E-state index in [9.17, 15) is 4.79 Å². The number of amides is 1. The summed E-state index contributed by atoms with van der Waals surface area (Å²) in [5.41, 5.74) is 1.80. The van der Waals surface area contributed by atoms with Gasteiger partial charge in [0.05, 0.1) is 0 Å². The molecule has 0 aliphatic heterocycles. The molecule has 0 radical (unpaired) electrons. The van der Waals surface area contributed by atoms with E-state index in [-0.39, 0.29) is 6.54 Å². The largest absolute Gasteiger partial charge is 0.465 e. The number of halogens is 1. The number of rotatable bonds is 2. The molecule has 1 aromatic carbocycles. The van der Waals surface area contributed by atoms with Gasteiger partial charge in [-0.1, -0.05) is 18.1 Å². The predicted molar refractivity (Wildman–Crippen MR) is 66.6 cm³/mol. The summed E-state index contributed by atoms with van der Waals surface area (Å²) in [5, 5.41) is 10.8. The van der Waals surface area contributed by atoms with Gasteiger partial charge in [-0.3, -0.25) is 0 Å². The first-order chi connectivity index (χ1) is 7.15. The van der Waals surface area contributed by atoms with Gasteiger partial charge < -0.3 is 10.4 Å². The third kappa shape index (κ3) is 3.44. The second-order valence-corrected chi connectivity index (χ2v) is 3.97. The van der Waals surface area contributed by atoms with Crippen molar-refractivity contribution in [3.05, 3.63) is 32.9 Å². The van der Waals surface area contributed by atoms with Crippen LogP contribution in [-0.2, 0) is 6.54 Å². The summed E-state index contributed by atoms with van der Waals surface area (Å²) < 4.78 is 1.03. The van der Waals surface area contributed by atoms with Gasteiger partial charge in [0.15, 0.2) is 0 Å². The van der Waals surface area contributed by atoms with E-state index in [2.05, 4.69) is 39.7 Å². The van der Waals surface area contributed by atoms with E-state index in [1.165, 1.54) is 0 Å². The summed E-state index contributed by atoms with van der Waals surface area (Å²) in [6, 6.07) is 5.71. The van der Waals surface area contributed by atoms with Crippen LogP contribution in [0.4, 0.5) is 4.79 Å². The smallest absolute Gasteiger partial charge is 0.404 e. The highest BCUT2D eigenvalue weighted by atomic mass is 127. The zero-order chi connectivity index (χ0) is 11.3. The summed E-state index contributed by atoms with van der Waals surface area (Å²) in [4.78, 5) is 10.4. The molecule has 1 aromatic rings. The Morgan fingerprint density at radius 3 is 2.93 bits per heavy atom. The Bertz CT molecular complexity index is 432. The lowest BCUT2D eigenvalue weighted by molar-refractivity contribution is 0.194. The van der Waals surface area contributed by atoms with Crippen molar-refractivity contribution in [3.63, 3.8) is 0 Å². The molecule has 0 aromatic heterocycles. The molecule has 4 heteroatoms. The van der Waals surface area contributed by atoms with Crippen LogP contribution in [0.1, 0.15) is 18.1 Å². The monoisotopic (exact) mass is 315 g/mol. The van der Waals surface area contributed by atoms with Crippen LogP contribution in [0.25, 0.3) is 0 Å². The lowest BCUT2D eigenvalue weighted by Crippen LogP contribution is -2.20. The number of hydrogen-bond donors (Lipinski definition) is 2. The molecule has 0 aliphatic rings. The van der Waals surface area contributed by atoms with Gasteiger partial charge in [0.1, 0.15) is 0 Å². The van der Waals surface area contributed by atoms with Gasteiger partial charge >= 0.3 is 6.09 Å². The van der Waals surface area contributed by atoms with Crippen molar-refractivity contribution in [1.29, 1.82) is 0 Å². The number of carbonyl (C=O) groups is 1. The second kappa shape index (κ2) is 5.61. The summed E-state index contributed by atoms with van der Waals surface area (Å²) in [6.45, 7) is 2.05. The first kappa shape index (κ1) is 11.9. The van der Waals surface area contributed by atoms with E-state index in [0.717, 1.165) is 14.7 Å². The van der Waals surface area contributed by atoms with E-state index < -0.39 is 6.09 Å². The number of hydrogen-bond acceptors (Lipinski definition) is 1. The van der Waals surface area contributed by atoms with Gasteiger partial charge in [-0.15, -0.1) is 5.92 Å². The Hall–Kier alpha value is -1.22. The molecule has 1 amide bonds. The summed E-state index contributed by atoms with van der Waals surface area (Å²) in [5.74, 6) is 5.80. The Morgan fingerprint density at radius 1 is 1.60 bits per heavy atom. The molecule has 0 fully saturated rings. The maximum atomic E-state index is 10.4. The zero-order valence-electron chi connectivity index (χ0n) is 8.17. The third-order valence-corrected chi connectivity index (χ3v) is 2.68. The van der Waals surface area contributed by atoms with Crippen molar-refractivity contribution in [2.75, 3.05) is 0 Å². The minimum atomic E-state index is -1.02. The normalized spacial score (nSPS) is 8.93. The highest BCUT2D eigenvalue weighted by Crippen LogP contribution is 2.15. The Labute approximate surface area is 102 Å². The quantitative estimate of drug-likeness (QED) is 0.650. The third-order valence-electron chi connectivity index (χ3n) is 1.78. The van der Waals surface area contributed by atoms with Crippen LogP contribution in [0.5, 0.6) is 0 Å². The maximum Gasteiger partial charge on any atom is 0.404 e. The van der Waals surface area contributed by atoms with Crippen molar-refractivity contribution in [2.45, 2.75) is 13.5 Å². The molecule has 0 saturated carbocycles. The maximum absolute atomic E-state index is 10.4. The molecule has 0 atom stereocenters. The van der Waals surface area contributed by atoms with Crippen molar-refractivity contribution >= 4 is 28.7 Å². The first-order valence-corrected chi connectivity index (χ1v) is 5.40. The molecule has 0 heterocycles. The van der Waals surface area contributed by atoms with Crippen LogP contribution < -0.4 is 5.32 Å². The predicted octanol–water partition coefficient (Wildman–Crippen LogP) is 2.43. The van der Waals surface area contributed by atoms with Gasteiger partial charge in [-0.05, 0) is 41.1 Å². The minimum Gasteiger partial charge on any atom is -0.465 e. The highest BCUT2D eigenvalue weighted by Gasteiger charge is 2.04. The number of carboxylic acid groups (broad SMARTS) is 1. The van der Waals surface area contributed by atoms with Crippen LogP contribution in [0, 0.1) is 15.4 Å². The molecule has 0 spiro atoms. The Balaban J connectivity index is 2.98. The molecule has 15 heavy (non-hydrogen) atoms. The molecular formula is C11H10INO2. The van der Waals surface area contributed by atoms with E-state index >= 15 is 0 Å². The molecule has 0 saturated heterocycles. The molecule has 1 rings (SSSR count). The molecule has 3 nitrogen and oxygen atoms in total. The van der Waals surface area contributed by atoms with Crippen LogP contribution >= 0.6 is 22.6 Å². The molecule has 0 unspecified atom stereocenters. The Kier molecular flexibility index (Phi) is 4.43. The fraction of sp³-hybridized carbons (Fsp3) is 0.182. The van der Waals surface area contributed by atoms with Gasteiger partial charge in [0.2, 0.25) is 0 Å². The van der Waals surface area contributed by atoms with Crippen LogP contribution in [0.15, 0.2) is 18.2 Å². The SMILES string of the molecule is CC#Cc1c(I)cccc1CNC(=O)O.